The lowest BCUT2D eigenvalue weighted by molar-refractivity contribution is 0.625. The Bertz CT molecular complexity index is 516. The molecule has 0 amide bonds. The minimum atomic E-state index is -0.203. The molecule has 0 atom stereocenters. The molecule has 0 aliphatic carbocycles. The molecular weight excluding hydrogens is 231 g/mol. The number of hydrogen-bond donors (Lipinski definition) is 3. The summed E-state index contributed by atoms with van der Waals surface area (Å²) >= 11 is 0. The van der Waals surface area contributed by atoms with E-state index in [4.69, 9.17) is 5.84 Å². The minimum Gasteiger partial charge on any atom is -0.385 e. The molecular formula is C13H15FN4. The number of halogens is 1. The first-order valence-electron chi connectivity index (χ1n) is 5.69. The molecule has 0 bridgehead atoms. The number of benzene rings is 1. The van der Waals surface area contributed by atoms with E-state index in [9.17, 15) is 4.39 Å². The molecule has 94 valence electrons. The molecule has 0 saturated heterocycles. The average Bonchev–Trinajstić information content (AvgIpc) is 2.39. The quantitative estimate of drug-likeness (QED) is 0.559. The van der Waals surface area contributed by atoms with Crippen molar-refractivity contribution in [3.8, 4) is 0 Å². The Hall–Kier alpha value is -2.14. The number of pyridine rings is 1. The van der Waals surface area contributed by atoms with Crippen molar-refractivity contribution < 1.29 is 4.39 Å². The first-order chi connectivity index (χ1) is 8.78. The van der Waals surface area contributed by atoms with Gasteiger partial charge in [0.2, 0.25) is 0 Å². The van der Waals surface area contributed by atoms with Gasteiger partial charge in [0.25, 0.3) is 0 Å². The van der Waals surface area contributed by atoms with Crippen LogP contribution in [0.2, 0.25) is 0 Å². The van der Waals surface area contributed by atoms with E-state index in [0.717, 1.165) is 24.2 Å². The van der Waals surface area contributed by atoms with Gasteiger partial charge >= 0.3 is 0 Å². The van der Waals surface area contributed by atoms with Crippen LogP contribution in [0.3, 0.4) is 0 Å². The molecule has 0 unspecified atom stereocenters. The minimum absolute atomic E-state index is 0.203. The SMILES string of the molecule is NNc1cc(NCCc2cccc(F)c2)ccn1. The highest BCUT2D eigenvalue weighted by Gasteiger charge is 1.97. The maximum Gasteiger partial charge on any atom is 0.141 e. The van der Waals surface area contributed by atoms with E-state index in [0.29, 0.717) is 5.82 Å². The predicted molar refractivity (Wildman–Crippen MR) is 70.6 cm³/mol. The third-order valence-corrected chi connectivity index (χ3v) is 2.54. The standard InChI is InChI=1S/C13H15FN4/c14-11-3-1-2-10(8-11)4-6-16-12-5-7-17-13(9-12)18-15/h1-3,5,7-9H,4,6,15H2,(H2,16,17,18). The van der Waals surface area contributed by atoms with Gasteiger partial charge in [0, 0.05) is 24.5 Å². The number of hydrogen-bond acceptors (Lipinski definition) is 4. The second-order valence-corrected chi connectivity index (χ2v) is 3.88. The number of anilines is 2. The summed E-state index contributed by atoms with van der Waals surface area (Å²) in [4.78, 5) is 4.01. The predicted octanol–water partition coefficient (Wildman–Crippen LogP) is 2.16. The van der Waals surface area contributed by atoms with Crippen LogP contribution < -0.4 is 16.6 Å². The first kappa shape index (κ1) is 12.3. The topological polar surface area (TPSA) is 63.0 Å². The van der Waals surface area contributed by atoms with E-state index in [-0.39, 0.29) is 5.82 Å². The summed E-state index contributed by atoms with van der Waals surface area (Å²) in [5.74, 6) is 5.67. The Balaban J connectivity index is 1.88. The van der Waals surface area contributed by atoms with Crippen molar-refractivity contribution in [3.05, 3.63) is 54.0 Å². The molecule has 1 heterocycles. The highest BCUT2D eigenvalue weighted by Crippen LogP contribution is 2.11. The maximum atomic E-state index is 13.0. The average molecular weight is 246 g/mol. The highest BCUT2D eigenvalue weighted by molar-refractivity contribution is 5.51. The monoisotopic (exact) mass is 246 g/mol. The van der Waals surface area contributed by atoms with Crippen LogP contribution in [0.1, 0.15) is 5.56 Å². The van der Waals surface area contributed by atoms with Crippen LogP contribution in [0, 0.1) is 5.82 Å². The van der Waals surface area contributed by atoms with Crippen LogP contribution in [0.5, 0.6) is 0 Å². The van der Waals surface area contributed by atoms with Gasteiger partial charge in [-0.1, -0.05) is 12.1 Å². The molecule has 1 aromatic carbocycles. The fourth-order valence-electron chi connectivity index (χ4n) is 1.66. The van der Waals surface area contributed by atoms with E-state index in [2.05, 4.69) is 15.7 Å². The van der Waals surface area contributed by atoms with Gasteiger partial charge in [-0.05, 0) is 30.2 Å². The summed E-state index contributed by atoms with van der Waals surface area (Å²) in [7, 11) is 0. The Morgan fingerprint density at radius 3 is 2.89 bits per heavy atom. The summed E-state index contributed by atoms with van der Waals surface area (Å²) < 4.78 is 13.0. The number of rotatable bonds is 5. The summed E-state index contributed by atoms with van der Waals surface area (Å²) in [6.07, 6.45) is 2.42. The van der Waals surface area contributed by atoms with Gasteiger partial charge in [-0.2, -0.15) is 0 Å². The molecule has 0 aliphatic rings. The molecule has 18 heavy (non-hydrogen) atoms. The first-order valence-corrected chi connectivity index (χ1v) is 5.69. The smallest absolute Gasteiger partial charge is 0.141 e. The van der Waals surface area contributed by atoms with Gasteiger partial charge < -0.3 is 10.7 Å². The van der Waals surface area contributed by atoms with Crippen LogP contribution in [0.25, 0.3) is 0 Å². The molecule has 2 rings (SSSR count). The zero-order valence-corrected chi connectivity index (χ0v) is 9.86. The lowest BCUT2D eigenvalue weighted by Gasteiger charge is -2.07. The molecule has 0 radical (unpaired) electrons. The van der Waals surface area contributed by atoms with Crippen molar-refractivity contribution in [2.24, 2.45) is 5.84 Å². The van der Waals surface area contributed by atoms with Crippen molar-refractivity contribution in [1.29, 1.82) is 0 Å². The fourth-order valence-corrected chi connectivity index (χ4v) is 1.66. The molecule has 0 spiro atoms. The van der Waals surface area contributed by atoms with Crippen LogP contribution in [-0.4, -0.2) is 11.5 Å². The lowest BCUT2D eigenvalue weighted by Crippen LogP contribution is -2.10. The van der Waals surface area contributed by atoms with Crippen LogP contribution >= 0.6 is 0 Å². The Labute approximate surface area is 105 Å². The number of nitrogens with two attached hydrogens (primary N) is 1. The number of nitrogen functional groups attached to an aromatic ring is 1. The largest absolute Gasteiger partial charge is 0.385 e. The third kappa shape index (κ3) is 3.43. The zero-order valence-electron chi connectivity index (χ0n) is 9.86. The van der Waals surface area contributed by atoms with E-state index < -0.39 is 0 Å². The molecule has 1 aromatic heterocycles. The lowest BCUT2D eigenvalue weighted by atomic mass is 10.1. The van der Waals surface area contributed by atoms with Gasteiger partial charge in [0.05, 0.1) is 0 Å². The van der Waals surface area contributed by atoms with Crippen molar-refractivity contribution in [1.82, 2.24) is 4.98 Å². The summed E-state index contributed by atoms with van der Waals surface area (Å²) in [6.45, 7) is 0.720. The van der Waals surface area contributed by atoms with E-state index >= 15 is 0 Å². The molecule has 0 saturated carbocycles. The Kier molecular flexibility index (Phi) is 4.09. The maximum absolute atomic E-state index is 13.0. The van der Waals surface area contributed by atoms with E-state index in [1.165, 1.54) is 6.07 Å². The highest BCUT2D eigenvalue weighted by atomic mass is 19.1. The van der Waals surface area contributed by atoms with Crippen molar-refractivity contribution in [2.45, 2.75) is 6.42 Å². The van der Waals surface area contributed by atoms with Crippen LogP contribution in [0.15, 0.2) is 42.6 Å². The molecule has 4 N–H and O–H groups in total. The number of nitrogens with zero attached hydrogens (tertiary/aromatic N) is 1. The van der Waals surface area contributed by atoms with Crippen LogP contribution in [0.4, 0.5) is 15.9 Å². The Morgan fingerprint density at radius 2 is 2.11 bits per heavy atom. The second-order valence-electron chi connectivity index (χ2n) is 3.88. The van der Waals surface area contributed by atoms with E-state index in [1.807, 2.05) is 18.2 Å². The number of aromatic nitrogens is 1. The molecule has 0 aliphatic heterocycles. The molecule has 0 fully saturated rings. The van der Waals surface area contributed by atoms with Gasteiger partial charge in [0.15, 0.2) is 0 Å². The molecule has 2 aromatic rings. The third-order valence-electron chi connectivity index (χ3n) is 2.54. The van der Waals surface area contributed by atoms with Crippen molar-refractivity contribution in [2.75, 3.05) is 17.3 Å². The van der Waals surface area contributed by atoms with Crippen molar-refractivity contribution >= 4 is 11.5 Å². The summed E-state index contributed by atoms with van der Waals surface area (Å²) in [6, 6.07) is 10.3. The van der Waals surface area contributed by atoms with Gasteiger partial charge in [-0.15, -0.1) is 0 Å². The van der Waals surface area contributed by atoms with Crippen molar-refractivity contribution in [3.63, 3.8) is 0 Å². The summed E-state index contributed by atoms with van der Waals surface area (Å²) in [5.41, 5.74) is 4.37. The molecule has 4 nitrogen and oxygen atoms in total. The van der Waals surface area contributed by atoms with Gasteiger partial charge in [-0.25, -0.2) is 15.2 Å². The fraction of sp³-hybridized carbons (Fsp3) is 0.154. The van der Waals surface area contributed by atoms with Crippen LogP contribution in [-0.2, 0) is 6.42 Å². The van der Waals surface area contributed by atoms with Gasteiger partial charge in [0.1, 0.15) is 11.6 Å². The Morgan fingerprint density at radius 1 is 1.22 bits per heavy atom. The number of hydrazine groups is 1. The second kappa shape index (κ2) is 5.97. The number of nitrogens with one attached hydrogen (secondary N) is 2. The van der Waals surface area contributed by atoms with E-state index in [1.54, 1.807) is 18.3 Å². The zero-order chi connectivity index (χ0) is 12.8. The summed E-state index contributed by atoms with van der Waals surface area (Å²) in [5, 5.41) is 3.23. The normalized spacial score (nSPS) is 10.1. The van der Waals surface area contributed by atoms with Gasteiger partial charge in [-0.3, -0.25) is 0 Å². The molecule has 5 heteroatoms.